The number of nitro groups is 1. The van der Waals surface area contributed by atoms with Crippen molar-refractivity contribution in [2.24, 2.45) is 5.41 Å². The largest absolute Gasteiger partial charge is 0.497 e. The van der Waals surface area contributed by atoms with Crippen LogP contribution >= 0.6 is 0 Å². The summed E-state index contributed by atoms with van der Waals surface area (Å²) in [6.45, 7) is 4.34. The van der Waals surface area contributed by atoms with E-state index in [-0.39, 0.29) is 30.6 Å². The molecular formula is C15H19FN2O5. The van der Waals surface area contributed by atoms with Crippen LogP contribution in [0.2, 0.25) is 0 Å². The lowest BCUT2D eigenvalue weighted by molar-refractivity contribution is -0.386. The molecule has 23 heavy (non-hydrogen) atoms. The van der Waals surface area contributed by atoms with E-state index in [4.69, 9.17) is 9.47 Å². The van der Waals surface area contributed by atoms with E-state index >= 15 is 0 Å². The summed E-state index contributed by atoms with van der Waals surface area (Å²) >= 11 is 0. The van der Waals surface area contributed by atoms with Crippen LogP contribution in [0.4, 0.5) is 15.8 Å². The van der Waals surface area contributed by atoms with Gasteiger partial charge >= 0.3 is 11.7 Å². The summed E-state index contributed by atoms with van der Waals surface area (Å²) < 4.78 is 24.1. The third-order valence-electron chi connectivity index (χ3n) is 4.02. The molecule has 0 saturated carbocycles. The van der Waals surface area contributed by atoms with Crippen molar-refractivity contribution >= 4 is 17.3 Å². The van der Waals surface area contributed by atoms with Gasteiger partial charge in [-0.1, -0.05) is 0 Å². The number of carbonyl (C=O) groups excluding carboxylic acids is 1. The topological polar surface area (TPSA) is 81.9 Å². The Morgan fingerprint density at radius 3 is 2.78 bits per heavy atom. The highest BCUT2D eigenvalue weighted by atomic mass is 19.1. The first-order valence-corrected chi connectivity index (χ1v) is 7.26. The monoisotopic (exact) mass is 326 g/mol. The maximum Gasteiger partial charge on any atom is 0.328 e. The van der Waals surface area contributed by atoms with Gasteiger partial charge in [0.25, 0.3) is 0 Å². The summed E-state index contributed by atoms with van der Waals surface area (Å²) in [5, 5.41) is 11.2. The van der Waals surface area contributed by atoms with Crippen LogP contribution in [0.15, 0.2) is 12.1 Å². The van der Waals surface area contributed by atoms with Gasteiger partial charge in [-0.2, -0.15) is 4.39 Å². The number of carbonyl (C=O) groups is 1. The van der Waals surface area contributed by atoms with Crippen LogP contribution in [-0.2, 0) is 9.53 Å². The van der Waals surface area contributed by atoms with E-state index in [2.05, 4.69) is 0 Å². The second-order valence-corrected chi connectivity index (χ2v) is 5.69. The van der Waals surface area contributed by atoms with Gasteiger partial charge in [-0.05, 0) is 20.3 Å². The number of hydrogen-bond donors (Lipinski definition) is 0. The average Bonchev–Trinajstić information content (AvgIpc) is 2.90. The molecule has 1 aromatic carbocycles. The van der Waals surface area contributed by atoms with E-state index in [1.165, 1.54) is 13.2 Å². The SMILES string of the molecule is CCOC(=O)C1(C)CCN(c2cc(OC)cc(F)c2[N+](=O)[O-])C1. The fraction of sp³-hybridized carbons (Fsp3) is 0.533. The molecule has 1 aliphatic rings. The predicted octanol–water partition coefficient (Wildman–Crippen LogP) is 2.52. The quantitative estimate of drug-likeness (QED) is 0.470. The van der Waals surface area contributed by atoms with E-state index in [1.54, 1.807) is 18.7 Å². The Kier molecular flexibility index (Phi) is 4.72. The molecule has 1 saturated heterocycles. The number of esters is 1. The number of halogens is 1. The summed E-state index contributed by atoms with van der Waals surface area (Å²) in [6.07, 6.45) is 0.474. The van der Waals surface area contributed by atoms with Crippen LogP contribution in [-0.4, -0.2) is 37.7 Å². The highest BCUT2D eigenvalue weighted by Crippen LogP contribution is 2.41. The standard InChI is InChI=1S/C15H19FN2O5/c1-4-23-14(19)15(2)5-6-17(9-15)12-8-10(22-3)7-11(16)13(12)18(20)21/h7-8H,4-6,9H2,1-3H3. The summed E-state index contributed by atoms with van der Waals surface area (Å²) in [6, 6.07) is 2.39. The Hall–Kier alpha value is -2.38. The first kappa shape index (κ1) is 17.0. The van der Waals surface area contributed by atoms with E-state index in [9.17, 15) is 19.3 Å². The van der Waals surface area contributed by atoms with Gasteiger partial charge < -0.3 is 14.4 Å². The van der Waals surface area contributed by atoms with Crippen molar-refractivity contribution in [2.45, 2.75) is 20.3 Å². The van der Waals surface area contributed by atoms with Gasteiger partial charge in [-0.15, -0.1) is 0 Å². The lowest BCUT2D eigenvalue weighted by Gasteiger charge is -2.23. The van der Waals surface area contributed by atoms with E-state index < -0.39 is 21.8 Å². The minimum absolute atomic E-state index is 0.111. The fourth-order valence-corrected chi connectivity index (χ4v) is 2.74. The van der Waals surface area contributed by atoms with E-state index in [0.29, 0.717) is 13.0 Å². The molecule has 0 aliphatic carbocycles. The van der Waals surface area contributed by atoms with Crippen molar-refractivity contribution in [1.29, 1.82) is 0 Å². The van der Waals surface area contributed by atoms with Crippen LogP contribution in [0, 0.1) is 21.3 Å². The molecule has 1 unspecified atom stereocenters. The van der Waals surface area contributed by atoms with Gasteiger partial charge in [0, 0.05) is 25.2 Å². The molecule has 0 radical (unpaired) electrons. The minimum atomic E-state index is -0.964. The molecule has 8 heteroatoms. The second-order valence-electron chi connectivity index (χ2n) is 5.69. The molecule has 1 fully saturated rings. The molecule has 0 spiro atoms. The average molecular weight is 326 g/mol. The van der Waals surface area contributed by atoms with Crippen molar-refractivity contribution < 1.29 is 23.6 Å². The van der Waals surface area contributed by atoms with Crippen LogP contribution in [0.5, 0.6) is 5.75 Å². The molecule has 0 N–H and O–H groups in total. The Bertz CT molecular complexity index is 637. The smallest absolute Gasteiger partial charge is 0.328 e. The molecule has 1 aromatic rings. The molecule has 126 valence electrons. The number of anilines is 1. The van der Waals surface area contributed by atoms with E-state index in [0.717, 1.165) is 6.07 Å². The van der Waals surface area contributed by atoms with Crippen LogP contribution in [0.1, 0.15) is 20.3 Å². The number of nitrogens with zero attached hydrogens (tertiary/aromatic N) is 2. The predicted molar refractivity (Wildman–Crippen MR) is 81.2 cm³/mol. The van der Waals surface area contributed by atoms with Crippen molar-refractivity contribution in [3.8, 4) is 5.75 Å². The molecule has 1 atom stereocenters. The van der Waals surface area contributed by atoms with E-state index in [1.807, 2.05) is 0 Å². The van der Waals surface area contributed by atoms with Gasteiger partial charge in [0.1, 0.15) is 11.4 Å². The molecule has 2 rings (SSSR count). The number of hydrogen-bond acceptors (Lipinski definition) is 6. The fourth-order valence-electron chi connectivity index (χ4n) is 2.74. The molecule has 1 aliphatic heterocycles. The Balaban J connectivity index is 2.38. The van der Waals surface area contributed by atoms with Crippen molar-refractivity contribution in [2.75, 3.05) is 31.7 Å². The first-order chi connectivity index (χ1) is 10.8. The second kappa shape index (κ2) is 6.39. The summed E-state index contributed by atoms with van der Waals surface area (Å²) in [4.78, 5) is 24.1. The van der Waals surface area contributed by atoms with Crippen LogP contribution in [0.3, 0.4) is 0 Å². The Morgan fingerprint density at radius 2 is 2.22 bits per heavy atom. The van der Waals surface area contributed by atoms with Crippen molar-refractivity contribution in [1.82, 2.24) is 0 Å². The number of rotatable bonds is 5. The van der Waals surface area contributed by atoms with Crippen molar-refractivity contribution in [3.63, 3.8) is 0 Å². The number of nitro benzene ring substituents is 1. The van der Waals surface area contributed by atoms with Crippen LogP contribution in [0.25, 0.3) is 0 Å². The summed E-state index contributed by atoms with van der Waals surface area (Å²) in [7, 11) is 1.36. The maximum atomic E-state index is 14.0. The highest BCUT2D eigenvalue weighted by molar-refractivity contribution is 5.79. The van der Waals surface area contributed by atoms with Gasteiger partial charge in [0.05, 0.1) is 24.1 Å². The highest BCUT2D eigenvalue weighted by Gasteiger charge is 2.43. The summed E-state index contributed by atoms with van der Waals surface area (Å²) in [5.74, 6) is -1.13. The Morgan fingerprint density at radius 1 is 1.52 bits per heavy atom. The van der Waals surface area contributed by atoms with Gasteiger partial charge in [0.15, 0.2) is 0 Å². The van der Waals surface area contributed by atoms with Gasteiger partial charge in [0.2, 0.25) is 5.82 Å². The zero-order valence-electron chi connectivity index (χ0n) is 13.3. The zero-order valence-corrected chi connectivity index (χ0v) is 13.3. The minimum Gasteiger partial charge on any atom is -0.497 e. The van der Waals surface area contributed by atoms with Crippen LogP contribution < -0.4 is 9.64 Å². The number of ether oxygens (including phenoxy) is 2. The third kappa shape index (κ3) is 3.20. The number of methoxy groups -OCH3 is 1. The normalized spacial score (nSPS) is 20.4. The maximum absolute atomic E-state index is 14.0. The Labute approximate surface area is 133 Å². The third-order valence-corrected chi connectivity index (χ3v) is 4.02. The lowest BCUT2D eigenvalue weighted by Crippen LogP contribution is -2.33. The molecule has 0 bridgehead atoms. The lowest BCUT2D eigenvalue weighted by atomic mass is 9.90. The van der Waals surface area contributed by atoms with Gasteiger partial charge in [-0.3, -0.25) is 14.9 Å². The molecule has 0 aromatic heterocycles. The summed E-state index contributed by atoms with van der Waals surface area (Å²) in [5.41, 5.74) is -1.28. The first-order valence-electron chi connectivity index (χ1n) is 7.26. The molecule has 1 heterocycles. The van der Waals surface area contributed by atoms with Crippen molar-refractivity contribution in [3.05, 3.63) is 28.1 Å². The molecular weight excluding hydrogens is 307 g/mol. The zero-order chi connectivity index (χ0) is 17.2. The van der Waals surface area contributed by atoms with Gasteiger partial charge in [-0.25, -0.2) is 0 Å². The molecule has 0 amide bonds. The number of benzene rings is 1. The molecule has 7 nitrogen and oxygen atoms in total.